The van der Waals surface area contributed by atoms with Crippen LogP contribution in [-0.2, 0) is 9.22 Å². The van der Waals surface area contributed by atoms with Crippen molar-refractivity contribution < 1.29 is 14.3 Å². The van der Waals surface area contributed by atoms with E-state index >= 15 is 0 Å². The van der Waals surface area contributed by atoms with Crippen molar-refractivity contribution in [3.8, 4) is 0 Å². The second-order valence-electron chi connectivity index (χ2n) is 7.14. The summed E-state index contributed by atoms with van der Waals surface area (Å²) in [5, 5.41) is 10.4. The molecule has 5 heteroatoms. The zero-order chi connectivity index (χ0) is 14.9. The number of ketones is 1. The highest BCUT2D eigenvalue weighted by atomic mass is 79.9. The summed E-state index contributed by atoms with van der Waals surface area (Å²) in [6, 6.07) is 0. The fourth-order valence-corrected chi connectivity index (χ4v) is 3.89. The summed E-state index contributed by atoms with van der Waals surface area (Å²) in [5.74, 6) is -0.108. The summed E-state index contributed by atoms with van der Waals surface area (Å²) in [5.41, 5.74) is -1.12. The van der Waals surface area contributed by atoms with E-state index in [-0.39, 0.29) is 10.8 Å². The van der Waals surface area contributed by atoms with Crippen LogP contribution in [0.2, 0.25) is 18.1 Å². The molecule has 1 unspecified atom stereocenters. The molecule has 0 saturated heterocycles. The van der Waals surface area contributed by atoms with Crippen LogP contribution in [0, 0.1) is 0 Å². The number of rotatable bonds is 5. The lowest BCUT2D eigenvalue weighted by atomic mass is 9.95. The van der Waals surface area contributed by atoms with Crippen molar-refractivity contribution in [2.75, 3.05) is 6.61 Å². The van der Waals surface area contributed by atoms with E-state index < -0.39 is 18.7 Å². The van der Waals surface area contributed by atoms with Crippen molar-refractivity contribution in [1.29, 1.82) is 0 Å². The molecule has 0 radical (unpaired) electrons. The van der Waals surface area contributed by atoms with E-state index in [0.29, 0.717) is 19.4 Å². The molecule has 1 atom stereocenters. The van der Waals surface area contributed by atoms with Gasteiger partial charge in [0.25, 0.3) is 0 Å². The van der Waals surface area contributed by atoms with Gasteiger partial charge in [-0.15, -0.1) is 0 Å². The van der Waals surface area contributed by atoms with Crippen LogP contribution in [0.15, 0.2) is 0 Å². The number of carbonyl (C=O) groups excluding carboxylic acids is 1. The molecule has 0 amide bonds. The maximum atomic E-state index is 12.3. The monoisotopic (exact) mass is 350 g/mol. The zero-order valence-electron chi connectivity index (χ0n) is 12.8. The summed E-state index contributed by atoms with van der Waals surface area (Å²) >= 11 is 3.40. The van der Waals surface area contributed by atoms with Crippen LogP contribution in [0.25, 0.3) is 0 Å². The quantitative estimate of drug-likeness (QED) is 0.608. The minimum atomic E-state index is -1.84. The third-order valence-electron chi connectivity index (χ3n) is 4.57. The molecule has 0 aliphatic heterocycles. The van der Waals surface area contributed by atoms with Gasteiger partial charge in [0.05, 0.1) is 11.4 Å². The SMILES string of the molecule is CC(C)(C)[Si](C)(C)OCC(Br)C(=O)C1(O)CCCC1. The Kier molecular flexibility index (Phi) is 5.44. The molecule has 0 spiro atoms. The molecule has 0 heterocycles. The minimum Gasteiger partial charge on any atom is -0.415 e. The Morgan fingerprint density at radius 2 is 1.84 bits per heavy atom. The van der Waals surface area contributed by atoms with Crippen LogP contribution < -0.4 is 0 Å². The summed E-state index contributed by atoms with van der Waals surface area (Å²) in [6.45, 7) is 11.2. The zero-order valence-corrected chi connectivity index (χ0v) is 15.3. The minimum absolute atomic E-state index is 0.108. The molecule has 0 aromatic rings. The number of hydrogen-bond acceptors (Lipinski definition) is 3. The third-order valence-corrected chi connectivity index (χ3v) is 9.75. The molecule has 0 aromatic carbocycles. The maximum Gasteiger partial charge on any atom is 0.192 e. The highest BCUT2D eigenvalue weighted by molar-refractivity contribution is 9.10. The molecule has 1 saturated carbocycles. The fourth-order valence-electron chi connectivity index (χ4n) is 2.07. The van der Waals surface area contributed by atoms with Gasteiger partial charge in [0.2, 0.25) is 0 Å². The Morgan fingerprint density at radius 3 is 2.26 bits per heavy atom. The first kappa shape index (κ1) is 17.3. The third kappa shape index (κ3) is 4.13. The van der Waals surface area contributed by atoms with Gasteiger partial charge < -0.3 is 9.53 Å². The second kappa shape index (κ2) is 5.96. The standard InChI is InChI=1S/C14H27BrO3Si/c1-13(2,3)19(4,5)18-10-11(15)12(16)14(17)8-6-7-9-14/h11,17H,6-10H2,1-5H3. The average Bonchev–Trinajstić information content (AvgIpc) is 2.72. The first-order valence-corrected chi connectivity index (χ1v) is 10.9. The first-order chi connectivity index (χ1) is 8.50. The van der Waals surface area contributed by atoms with Crippen molar-refractivity contribution in [1.82, 2.24) is 0 Å². The average molecular weight is 351 g/mol. The molecule has 1 fully saturated rings. The molecule has 0 bridgehead atoms. The van der Waals surface area contributed by atoms with E-state index in [1.165, 1.54) is 0 Å². The number of alkyl halides is 1. The molecule has 1 rings (SSSR count). The van der Waals surface area contributed by atoms with E-state index in [2.05, 4.69) is 49.8 Å². The van der Waals surface area contributed by atoms with Crippen molar-refractivity contribution in [3.63, 3.8) is 0 Å². The Morgan fingerprint density at radius 1 is 1.37 bits per heavy atom. The Labute approximate surface area is 126 Å². The van der Waals surface area contributed by atoms with Gasteiger partial charge >= 0.3 is 0 Å². The summed E-state index contributed by atoms with van der Waals surface area (Å²) in [4.78, 5) is 11.9. The van der Waals surface area contributed by atoms with Gasteiger partial charge in [0, 0.05) is 0 Å². The van der Waals surface area contributed by atoms with E-state index in [1.54, 1.807) is 0 Å². The van der Waals surface area contributed by atoms with Gasteiger partial charge in [-0.1, -0.05) is 36.7 Å². The smallest absolute Gasteiger partial charge is 0.192 e. The maximum absolute atomic E-state index is 12.3. The highest BCUT2D eigenvalue weighted by Crippen LogP contribution is 2.37. The van der Waals surface area contributed by atoms with Crippen LogP contribution in [0.5, 0.6) is 0 Å². The second-order valence-corrected chi connectivity index (χ2v) is 13.1. The summed E-state index contributed by atoms with van der Waals surface area (Å²) < 4.78 is 6.04. The number of Topliss-reactive ketones (excluding diaryl/α,β-unsaturated/α-hetero) is 1. The van der Waals surface area contributed by atoms with Crippen molar-refractivity contribution >= 4 is 30.0 Å². The Balaban J connectivity index is 2.56. The molecule has 112 valence electrons. The normalized spacial score (nSPS) is 21.4. The van der Waals surface area contributed by atoms with E-state index in [9.17, 15) is 9.90 Å². The number of carbonyl (C=O) groups is 1. The fraction of sp³-hybridized carbons (Fsp3) is 0.929. The lowest BCUT2D eigenvalue weighted by molar-refractivity contribution is -0.136. The predicted octanol–water partition coefficient (Wildman–Crippen LogP) is 3.65. The number of aliphatic hydroxyl groups is 1. The molecule has 1 aliphatic carbocycles. The number of halogens is 1. The van der Waals surface area contributed by atoms with Crippen LogP contribution in [0.4, 0.5) is 0 Å². The molecular formula is C14H27BrO3Si. The van der Waals surface area contributed by atoms with Crippen molar-refractivity contribution in [2.24, 2.45) is 0 Å². The Bertz CT molecular complexity index is 330. The molecule has 1 aliphatic rings. The van der Waals surface area contributed by atoms with Gasteiger partial charge in [-0.05, 0) is 43.8 Å². The van der Waals surface area contributed by atoms with Crippen LogP contribution >= 0.6 is 15.9 Å². The van der Waals surface area contributed by atoms with Crippen LogP contribution in [-0.4, -0.2) is 36.2 Å². The number of hydrogen-bond donors (Lipinski definition) is 1. The lowest BCUT2D eigenvalue weighted by Gasteiger charge is -2.37. The molecule has 1 N–H and O–H groups in total. The topological polar surface area (TPSA) is 46.5 Å². The van der Waals surface area contributed by atoms with E-state index in [0.717, 1.165) is 12.8 Å². The van der Waals surface area contributed by atoms with Crippen LogP contribution in [0.3, 0.4) is 0 Å². The predicted molar refractivity (Wildman–Crippen MR) is 84.3 cm³/mol. The van der Waals surface area contributed by atoms with Gasteiger partial charge in [-0.2, -0.15) is 0 Å². The van der Waals surface area contributed by atoms with Crippen molar-refractivity contribution in [2.45, 2.75) is 75.0 Å². The summed E-state index contributed by atoms with van der Waals surface area (Å²) in [6.07, 6.45) is 3.05. The van der Waals surface area contributed by atoms with Crippen LogP contribution in [0.1, 0.15) is 46.5 Å². The highest BCUT2D eigenvalue weighted by Gasteiger charge is 2.43. The molecule has 0 aromatic heterocycles. The summed E-state index contributed by atoms with van der Waals surface area (Å²) in [7, 11) is -1.84. The first-order valence-electron chi connectivity index (χ1n) is 7.04. The largest absolute Gasteiger partial charge is 0.415 e. The van der Waals surface area contributed by atoms with Gasteiger partial charge in [0.1, 0.15) is 5.60 Å². The van der Waals surface area contributed by atoms with Gasteiger partial charge in [0.15, 0.2) is 14.1 Å². The molecular weight excluding hydrogens is 324 g/mol. The van der Waals surface area contributed by atoms with Gasteiger partial charge in [-0.25, -0.2) is 0 Å². The molecule has 3 nitrogen and oxygen atoms in total. The van der Waals surface area contributed by atoms with Gasteiger partial charge in [-0.3, -0.25) is 4.79 Å². The lowest BCUT2D eigenvalue weighted by Crippen LogP contribution is -2.46. The Hall–Kier alpha value is 0.287. The van der Waals surface area contributed by atoms with E-state index in [1.807, 2.05) is 0 Å². The molecule has 19 heavy (non-hydrogen) atoms. The van der Waals surface area contributed by atoms with Crippen molar-refractivity contribution in [3.05, 3.63) is 0 Å². The van der Waals surface area contributed by atoms with E-state index in [4.69, 9.17) is 4.43 Å².